The zero-order valence-electron chi connectivity index (χ0n) is 21.0. The van der Waals surface area contributed by atoms with Crippen LogP contribution in [0.3, 0.4) is 0 Å². The predicted octanol–water partition coefficient (Wildman–Crippen LogP) is 4.76. The van der Waals surface area contributed by atoms with Gasteiger partial charge in [0.25, 0.3) is 0 Å². The van der Waals surface area contributed by atoms with Crippen LogP contribution in [0, 0.1) is 12.3 Å². The van der Waals surface area contributed by atoms with Gasteiger partial charge in [-0.15, -0.1) is 12.4 Å². The van der Waals surface area contributed by atoms with Crippen LogP contribution < -0.4 is 20.7 Å². The Kier molecular flexibility index (Phi) is 9.28. The van der Waals surface area contributed by atoms with Gasteiger partial charge in [-0.05, 0) is 55.5 Å². The third-order valence-electron chi connectivity index (χ3n) is 5.82. The number of methoxy groups -OCH3 is 1. The molecule has 5 N–H and O–H groups in total. The van der Waals surface area contributed by atoms with Crippen LogP contribution in [0.4, 0.5) is 16.2 Å². The maximum atomic E-state index is 13.1. The number of nitrogens with one attached hydrogen (secondary N) is 3. The van der Waals surface area contributed by atoms with E-state index in [-0.39, 0.29) is 31.2 Å². The molecule has 0 atom stereocenters. The molecule has 11 heteroatoms. The fourth-order valence-electron chi connectivity index (χ4n) is 3.78. The Morgan fingerprint density at radius 3 is 2.45 bits per heavy atom. The summed E-state index contributed by atoms with van der Waals surface area (Å²) >= 11 is 0. The number of amides is 1. The number of nitrogen functional groups attached to an aromatic ring is 1. The van der Waals surface area contributed by atoms with Crippen LogP contribution in [0.15, 0.2) is 66.7 Å². The number of fused-ring (bicyclic) bond motifs is 1. The molecule has 0 fully saturated rings. The van der Waals surface area contributed by atoms with E-state index in [0.29, 0.717) is 40.4 Å². The summed E-state index contributed by atoms with van der Waals surface area (Å²) in [6.07, 6.45) is -0.574. The number of H-pyrrole nitrogens is 1. The lowest BCUT2D eigenvalue weighted by Crippen LogP contribution is -2.35. The molecule has 3 aromatic carbocycles. The molecule has 0 spiro atoms. The first-order valence-electron chi connectivity index (χ1n) is 11.6. The number of aromatic nitrogens is 2. The van der Waals surface area contributed by atoms with Gasteiger partial charge in [-0.1, -0.05) is 18.2 Å². The van der Waals surface area contributed by atoms with Crippen molar-refractivity contribution < 1.29 is 19.1 Å². The van der Waals surface area contributed by atoms with Gasteiger partial charge in [0.15, 0.2) is 0 Å². The van der Waals surface area contributed by atoms with Gasteiger partial charge in [-0.25, -0.2) is 9.78 Å². The second-order valence-corrected chi connectivity index (χ2v) is 8.29. The molecule has 38 heavy (non-hydrogen) atoms. The van der Waals surface area contributed by atoms with Crippen molar-refractivity contribution in [3.8, 4) is 5.75 Å². The number of halogens is 1. The fraction of sp³-hybridized carbons (Fsp3) is 0.185. The normalized spacial score (nSPS) is 10.4. The molecule has 0 aliphatic heterocycles. The summed E-state index contributed by atoms with van der Waals surface area (Å²) < 4.78 is 10.5. The highest BCUT2D eigenvalue weighted by Crippen LogP contribution is 2.27. The quantitative estimate of drug-likeness (QED) is 0.137. The number of aryl methyl sites for hydroxylation is 1. The zero-order valence-corrected chi connectivity index (χ0v) is 21.8. The first kappa shape index (κ1) is 28.0. The number of imidazole rings is 1. The second kappa shape index (κ2) is 12.6. The Morgan fingerprint density at radius 2 is 1.79 bits per heavy atom. The maximum absolute atomic E-state index is 13.1. The molecular formula is C27H29ClN6O4. The topological polar surface area (TPSA) is 146 Å². The van der Waals surface area contributed by atoms with Crippen LogP contribution in [0.25, 0.3) is 11.0 Å². The van der Waals surface area contributed by atoms with Crippen molar-refractivity contribution in [3.05, 3.63) is 83.7 Å². The number of ether oxygens (including phenoxy) is 2. The lowest BCUT2D eigenvalue weighted by Gasteiger charge is -2.22. The van der Waals surface area contributed by atoms with Crippen LogP contribution in [0.1, 0.15) is 23.4 Å². The van der Waals surface area contributed by atoms with Gasteiger partial charge in [0.1, 0.15) is 17.4 Å². The molecule has 0 saturated heterocycles. The van der Waals surface area contributed by atoms with Crippen molar-refractivity contribution >= 4 is 52.7 Å². The average molecular weight is 537 g/mol. The van der Waals surface area contributed by atoms with Gasteiger partial charge < -0.3 is 25.5 Å². The standard InChI is InChI=1S/C27H28N6O4.ClH/c1-17-22(37-27(35)33(15-14-24(34)36-2)20-6-4-3-5-7-20)13-12-21-25(17)32-23(31-21)16-30-19-10-8-18(9-11-19)26(28)29;/h3-13,30H,14-16H2,1-2H3,(H3,28,29)(H,31,32);1H. The highest BCUT2D eigenvalue weighted by atomic mass is 35.5. The average Bonchev–Trinajstić information content (AvgIpc) is 3.34. The Bertz CT molecular complexity index is 1420. The van der Waals surface area contributed by atoms with Crippen molar-refractivity contribution in [1.29, 1.82) is 5.41 Å². The Hall–Kier alpha value is -4.57. The van der Waals surface area contributed by atoms with E-state index in [2.05, 4.69) is 15.3 Å². The van der Waals surface area contributed by atoms with E-state index < -0.39 is 12.1 Å². The van der Waals surface area contributed by atoms with Crippen LogP contribution >= 0.6 is 12.4 Å². The number of benzene rings is 3. The zero-order chi connectivity index (χ0) is 26.4. The highest BCUT2D eigenvalue weighted by Gasteiger charge is 2.21. The molecule has 0 aliphatic rings. The molecule has 0 unspecified atom stereocenters. The Labute approximate surface area is 226 Å². The molecule has 0 aliphatic carbocycles. The summed E-state index contributed by atoms with van der Waals surface area (Å²) in [6.45, 7) is 2.39. The van der Waals surface area contributed by atoms with Crippen molar-refractivity contribution in [1.82, 2.24) is 9.97 Å². The van der Waals surface area contributed by atoms with Crippen LogP contribution in [-0.4, -0.2) is 41.5 Å². The summed E-state index contributed by atoms with van der Waals surface area (Å²) in [4.78, 5) is 34.2. The number of hydrogen-bond donors (Lipinski definition) is 4. The number of carbonyl (C=O) groups is 2. The van der Waals surface area contributed by atoms with Crippen molar-refractivity contribution in [2.24, 2.45) is 5.73 Å². The maximum Gasteiger partial charge on any atom is 0.419 e. The number of amidine groups is 1. The molecule has 0 bridgehead atoms. The minimum atomic E-state index is -0.607. The monoisotopic (exact) mass is 536 g/mol. The van der Waals surface area contributed by atoms with Crippen molar-refractivity contribution in [2.45, 2.75) is 19.9 Å². The Morgan fingerprint density at radius 1 is 1.08 bits per heavy atom. The van der Waals surface area contributed by atoms with Gasteiger partial charge in [-0.2, -0.15) is 0 Å². The number of nitrogens with zero attached hydrogens (tertiary/aromatic N) is 2. The van der Waals surface area contributed by atoms with E-state index in [1.807, 2.05) is 43.3 Å². The summed E-state index contributed by atoms with van der Waals surface area (Å²) in [7, 11) is 1.31. The molecular weight excluding hydrogens is 508 g/mol. The van der Waals surface area contributed by atoms with Crippen molar-refractivity contribution in [3.63, 3.8) is 0 Å². The van der Waals surface area contributed by atoms with E-state index in [9.17, 15) is 9.59 Å². The fourth-order valence-corrected chi connectivity index (χ4v) is 3.78. The van der Waals surface area contributed by atoms with E-state index in [0.717, 1.165) is 11.2 Å². The Balaban J connectivity index is 0.00000400. The number of esters is 1. The summed E-state index contributed by atoms with van der Waals surface area (Å²) in [5, 5.41) is 10.8. The predicted molar refractivity (Wildman–Crippen MR) is 149 cm³/mol. The number of anilines is 2. The summed E-state index contributed by atoms with van der Waals surface area (Å²) in [6, 6.07) is 19.8. The van der Waals surface area contributed by atoms with Gasteiger partial charge in [0.2, 0.25) is 0 Å². The molecule has 0 saturated carbocycles. The van der Waals surface area contributed by atoms with E-state index >= 15 is 0 Å². The number of rotatable bonds is 9. The van der Waals surface area contributed by atoms with E-state index in [1.54, 1.807) is 30.3 Å². The van der Waals surface area contributed by atoms with Crippen LogP contribution in [0.5, 0.6) is 5.75 Å². The third-order valence-corrected chi connectivity index (χ3v) is 5.82. The number of para-hydroxylation sites is 1. The lowest BCUT2D eigenvalue weighted by atomic mass is 10.2. The minimum absolute atomic E-state index is 0. The number of nitrogens with two attached hydrogens (primary N) is 1. The lowest BCUT2D eigenvalue weighted by molar-refractivity contribution is -0.140. The molecule has 198 valence electrons. The third kappa shape index (κ3) is 6.60. The second-order valence-electron chi connectivity index (χ2n) is 8.29. The van der Waals surface area contributed by atoms with Gasteiger partial charge in [-0.3, -0.25) is 15.1 Å². The molecule has 4 rings (SSSR count). The van der Waals surface area contributed by atoms with Crippen molar-refractivity contribution in [2.75, 3.05) is 23.9 Å². The largest absolute Gasteiger partial charge is 0.469 e. The summed E-state index contributed by atoms with van der Waals surface area (Å²) in [5.41, 5.74) is 9.84. The number of carbonyl (C=O) groups excluding carboxylic acids is 2. The molecule has 10 nitrogen and oxygen atoms in total. The van der Waals surface area contributed by atoms with Gasteiger partial charge in [0, 0.05) is 29.0 Å². The summed E-state index contributed by atoms with van der Waals surface area (Å²) in [5.74, 6) is 0.688. The van der Waals surface area contributed by atoms with Crippen LogP contribution in [-0.2, 0) is 16.1 Å². The molecule has 0 radical (unpaired) electrons. The molecule has 1 aromatic heterocycles. The first-order valence-corrected chi connectivity index (χ1v) is 11.6. The minimum Gasteiger partial charge on any atom is -0.469 e. The van der Waals surface area contributed by atoms with Gasteiger partial charge >= 0.3 is 12.1 Å². The number of hydrogen-bond acceptors (Lipinski definition) is 7. The molecule has 1 amide bonds. The molecule has 4 aromatic rings. The number of aromatic amines is 1. The molecule has 1 heterocycles. The van der Waals surface area contributed by atoms with Crippen LogP contribution in [0.2, 0.25) is 0 Å². The highest BCUT2D eigenvalue weighted by molar-refractivity contribution is 5.95. The smallest absolute Gasteiger partial charge is 0.419 e. The van der Waals surface area contributed by atoms with Gasteiger partial charge in [0.05, 0.1) is 31.1 Å². The SMILES string of the molecule is COC(=O)CCN(C(=O)Oc1ccc2[nH]c(CNc3ccc(C(=N)N)cc3)nc2c1C)c1ccccc1.Cl. The first-order chi connectivity index (χ1) is 17.9. The van der Waals surface area contributed by atoms with E-state index in [1.165, 1.54) is 12.0 Å². The van der Waals surface area contributed by atoms with E-state index in [4.69, 9.17) is 20.6 Å².